The molecule has 3 aliphatic rings. The molecule has 3 atom stereocenters. The summed E-state index contributed by atoms with van der Waals surface area (Å²) in [5.41, 5.74) is 0. The first kappa shape index (κ1) is 16.7. The Kier molecular flexibility index (Phi) is 4.11. The van der Waals surface area contributed by atoms with Gasteiger partial charge in [-0.1, -0.05) is 12.8 Å². The van der Waals surface area contributed by atoms with Crippen molar-refractivity contribution < 1.29 is 27.8 Å². The fourth-order valence-electron chi connectivity index (χ4n) is 4.28. The highest BCUT2D eigenvalue weighted by Crippen LogP contribution is 2.43. The molecule has 0 amide bonds. The van der Waals surface area contributed by atoms with E-state index in [1.54, 1.807) is 6.07 Å². The van der Waals surface area contributed by atoms with E-state index in [0.29, 0.717) is 31.1 Å². The van der Waals surface area contributed by atoms with Crippen molar-refractivity contribution in [3.8, 4) is 11.5 Å². The molecule has 1 saturated heterocycles. The van der Waals surface area contributed by atoms with Crippen molar-refractivity contribution in [2.75, 3.05) is 13.2 Å². The van der Waals surface area contributed by atoms with Crippen molar-refractivity contribution in [1.82, 2.24) is 4.31 Å². The average molecular weight is 367 g/mol. The van der Waals surface area contributed by atoms with Gasteiger partial charge in [0.1, 0.15) is 19.3 Å². The van der Waals surface area contributed by atoms with Crippen LogP contribution in [0.5, 0.6) is 11.5 Å². The third kappa shape index (κ3) is 2.77. The summed E-state index contributed by atoms with van der Waals surface area (Å²) in [7, 11) is -3.92. The zero-order chi connectivity index (χ0) is 17.6. The van der Waals surface area contributed by atoms with Crippen molar-refractivity contribution in [2.45, 2.75) is 49.1 Å². The van der Waals surface area contributed by atoms with E-state index < -0.39 is 22.0 Å². The van der Waals surface area contributed by atoms with Crippen molar-refractivity contribution >= 4 is 16.0 Å². The van der Waals surface area contributed by atoms with Crippen molar-refractivity contribution in [2.24, 2.45) is 5.92 Å². The smallest absolute Gasteiger partial charge is 0.322 e. The number of rotatable bonds is 3. The molecule has 136 valence electrons. The van der Waals surface area contributed by atoms with Crippen LogP contribution >= 0.6 is 0 Å². The molecule has 2 fully saturated rings. The van der Waals surface area contributed by atoms with Gasteiger partial charge >= 0.3 is 5.97 Å². The molecule has 0 spiro atoms. The van der Waals surface area contributed by atoms with E-state index in [4.69, 9.17) is 9.47 Å². The second kappa shape index (κ2) is 6.17. The molecule has 1 saturated carbocycles. The standard InChI is InChI=1S/C17H21NO6S/c19-17(20)14-9-11-3-1-2-4-13(11)18(14)25(21,22)12-5-6-15-16(10-12)24-8-7-23-15/h5-6,10-11,13-14H,1-4,7-9H2,(H,19,20)/t11-,13-,14-/m1/s1. The van der Waals surface area contributed by atoms with E-state index in [-0.39, 0.29) is 16.9 Å². The first-order valence-electron chi connectivity index (χ1n) is 8.64. The highest BCUT2D eigenvalue weighted by atomic mass is 32.2. The quantitative estimate of drug-likeness (QED) is 0.877. The Morgan fingerprint density at radius 3 is 2.60 bits per heavy atom. The molecule has 0 bridgehead atoms. The summed E-state index contributed by atoms with van der Waals surface area (Å²) in [6.45, 7) is 0.790. The van der Waals surface area contributed by atoms with Gasteiger partial charge in [0.05, 0.1) is 4.90 Å². The van der Waals surface area contributed by atoms with Crippen LogP contribution in [0, 0.1) is 5.92 Å². The van der Waals surface area contributed by atoms with Crippen LogP contribution < -0.4 is 9.47 Å². The first-order chi connectivity index (χ1) is 12.0. The number of fused-ring (bicyclic) bond motifs is 2. The third-order valence-corrected chi connectivity index (χ3v) is 7.33. The van der Waals surface area contributed by atoms with Gasteiger partial charge in [-0.05, 0) is 37.3 Å². The lowest BCUT2D eigenvalue weighted by molar-refractivity contribution is -0.141. The maximum Gasteiger partial charge on any atom is 0.322 e. The number of carbonyl (C=O) groups is 1. The van der Waals surface area contributed by atoms with Gasteiger partial charge in [0.25, 0.3) is 0 Å². The number of aliphatic carboxylic acids is 1. The Labute approximate surface area is 146 Å². The van der Waals surface area contributed by atoms with Crippen molar-refractivity contribution in [3.63, 3.8) is 0 Å². The Balaban J connectivity index is 1.73. The van der Waals surface area contributed by atoms with Crippen LogP contribution in [0.25, 0.3) is 0 Å². The van der Waals surface area contributed by atoms with Gasteiger partial charge in [0.2, 0.25) is 10.0 Å². The fourth-order valence-corrected chi connectivity index (χ4v) is 6.17. The minimum atomic E-state index is -3.92. The Morgan fingerprint density at radius 2 is 1.84 bits per heavy atom. The summed E-state index contributed by atoms with van der Waals surface area (Å²) < 4.78 is 38.7. The molecule has 4 rings (SSSR count). The molecular formula is C17H21NO6S. The summed E-state index contributed by atoms with van der Waals surface area (Å²) in [5.74, 6) is -0.0482. The van der Waals surface area contributed by atoms with E-state index in [1.807, 2.05) is 0 Å². The molecule has 1 N–H and O–H groups in total. The van der Waals surface area contributed by atoms with Gasteiger partial charge in [0, 0.05) is 12.1 Å². The number of ether oxygens (including phenoxy) is 2. The summed E-state index contributed by atoms with van der Waals surface area (Å²) in [6, 6.07) is 3.27. The van der Waals surface area contributed by atoms with Crippen molar-refractivity contribution in [1.29, 1.82) is 0 Å². The molecule has 7 nitrogen and oxygen atoms in total. The van der Waals surface area contributed by atoms with E-state index in [9.17, 15) is 18.3 Å². The summed E-state index contributed by atoms with van der Waals surface area (Å²) in [6.07, 6.45) is 3.97. The second-order valence-corrected chi connectivity index (χ2v) is 8.69. The third-order valence-electron chi connectivity index (χ3n) is 5.40. The monoisotopic (exact) mass is 367 g/mol. The topological polar surface area (TPSA) is 93.1 Å². The molecule has 2 aliphatic heterocycles. The number of hydrogen-bond acceptors (Lipinski definition) is 5. The first-order valence-corrected chi connectivity index (χ1v) is 10.1. The predicted molar refractivity (Wildman–Crippen MR) is 88.2 cm³/mol. The van der Waals surface area contributed by atoms with Crippen LogP contribution in [0.4, 0.5) is 0 Å². The second-order valence-electron chi connectivity index (χ2n) is 6.84. The Bertz CT molecular complexity index is 792. The number of benzene rings is 1. The van der Waals surface area contributed by atoms with Gasteiger partial charge in [-0.15, -0.1) is 0 Å². The Morgan fingerprint density at radius 1 is 1.12 bits per heavy atom. The number of carboxylic acids is 1. The molecule has 0 aromatic heterocycles. The van der Waals surface area contributed by atoms with E-state index in [1.165, 1.54) is 16.4 Å². The van der Waals surface area contributed by atoms with Gasteiger partial charge in [-0.25, -0.2) is 8.42 Å². The zero-order valence-corrected chi connectivity index (χ0v) is 14.6. The average Bonchev–Trinajstić information content (AvgIpc) is 3.02. The van der Waals surface area contributed by atoms with Crippen LogP contribution in [-0.2, 0) is 14.8 Å². The number of hydrogen-bond donors (Lipinski definition) is 1. The highest BCUT2D eigenvalue weighted by Gasteiger charge is 2.51. The van der Waals surface area contributed by atoms with Crippen LogP contribution in [0.15, 0.2) is 23.1 Å². The van der Waals surface area contributed by atoms with Crippen LogP contribution in [0.2, 0.25) is 0 Å². The normalized spacial score (nSPS) is 29.2. The van der Waals surface area contributed by atoms with E-state index >= 15 is 0 Å². The lowest BCUT2D eigenvalue weighted by atomic mass is 9.85. The maximum absolute atomic E-state index is 13.3. The molecule has 2 heterocycles. The number of sulfonamides is 1. The molecule has 0 unspecified atom stereocenters. The SMILES string of the molecule is O=C(O)[C@H]1C[C@H]2CCCC[C@H]2N1S(=O)(=O)c1ccc2c(c1)OCCO2. The van der Waals surface area contributed by atoms with Gasteiger partial charge < -0.3 is 14.6 Å². The van der Waals surface area contributed by atoms with Crippen molar-refractivity contribution in [3.05, 3.63) is 18.2 Å². The van der Waals surface area contributed by atoms with Crippen LogP contribution in [0.1, 0.15) is 32.1 Å². The minimum absolute atomic E-state index is 0.0641. The van der Waals surface area contributed by atoms with Crippen LogP contribution in [-0.4, -0.2) is 49.1 Å². The predicted octanol–water partition coefficient (Wildman–Crippen LogP) is 1.86. The molecule has 8 heteroatoms. The molecule has 0 radical (unpaired) electrons. The molecular weight excluding hydrogens is 346 g/mol. The Hall–Kier alpha value is -1.80. The van der Waals surface area contributed by atoms with Gasteiger partial charge in [-0.2, -0.15) is 4.31 Å². The van der Waals surface area contributed by atoms with E-state index in [2.05, 4.69) is 0 Å². The molecule has 1 aliphatic carbocycles. The lowest BCUT2D eigenvalue weighted by Crippen LogP contribution is -2.46. The molecule has 1 aromatic rings. The zero-order valence-electron chi connectivity index (χ0n) is 13.8. The lowest BCUT2D eigenvalue weighted by Gasteiger charge is -2.32. The van der Waals surface area contributed by atoms with Gasteiger partial charge in [0.15, 0.2) is 11.5 Å². The number of nitrogens with zero attached hydrogens (tertiary/aromatic N) is 1. The largest absolute Gasteiger partial charge is 0.486 e. The summed E-state index contributed by atoms with van der Waals surface area (Å²) in [5, 5.41) is 9.58. The number of carboxylic acid groups (broad SMARTS) is 1. The highest BCUT2D eigenvalue weighted by molar-refractivity contribution is 7.89. The summed E-state index contributed by atoms with van der Waals surface area (Å²) >= 11 is 0. The fraction of sp³-hybridized carbons (Fsp3) is 0.588. The van der Waals surface area contributed by atoms with Crippen LogP contribution in [0.3, 0.4) is 0 Å². The minimum Gasteiger partial charge on any atom is -0.486 e. The molecule has 1 aromatic carbocycles. The summed E-state index contributed by atoms with van der Waals surface area (Å²) in [4.78, 5) is 11.8. The maximum atomic E-state index is 13.3. The molecule has 25 heavy (non-hydrogen) atoms. The van der Waals surface area contributed by atoms with Gasteiger partial charge in [-0.3, -0.25) is 4.79 Å². The van der Waals surface area contributed by atoms with E-state index in [0.717, 1.165) is 25.7 Å².